The topological polar surface area (TPSA) is 84.9 Å². The minimum atomic E-state index is -0.804. The summed E-state index contributed by atoms with van der Waals surface area (Å²) in [5, 5.41) is 12.6. The first kappa shape index (κ1) is 17.3. The number of rotatable bonds is 5. The van der Waals surface area contributed by atoms with Crippen LogP contribution in [0.1, 0.15) is 21.5 Å². The normalized spacial score (nSPS) is 10.1. The fourth-order valence-corrected chi connectivity index (χ4v) is 2.30. The lowest BCUT2D eigenvalue weighted by atomic mass is 10.1. The molecule has 126 valence electrons. The molecule has 0 aliphatic heterocycles. The Hall–Kier alpha value is -3.02. The van der Waals surface area contributed by atoms with Gasteiger partial charge in [-0.1, -0.05) is 12.1 Å². The van der Waals surface area contributed by atoms with Gasteiger partial charge in [0.15, 0.2) is 18.1 Å². The largest absolute Gasteiger partial charge is 0.504 e. The van der Waals surface area contributed by atoms with Gasteiger partial charge in [-0.3, -0.25) is 4.79 Å². The van der Waals surface area contributed by atoms with Gasteiger partial charge in [0.2, 0.25) is 0 Å². The maximum absolute atomic E-state index is 12.0. The lowest BCUT2D eigenvalue weighted by Gasteiger charge is -2.10. The molecular formula is C18H19NO5. The van der Waals surface area contributed by atoms with E-state index in [1.54, 1.807) is 6.07 Å². The zero-order valence-electron chi connectivity index (χ0n) is 13.8. The van der Waals surface area contributed by atoms with Crippen molar-refractivity contribution in [3.8, 4) is 11.5 Å². The second kappa shape index (κ2) is 7.50. The molecule has 0 fully saturated rings. The SMILES string of the molecule is COc1cccc(C(=O)OCC(=O)Nc2cc(C)cc(C)c2)c1O. The molecule has 0 atom stereocenters. The van der Waals surface area contributed by atoms with Crippen molar-refractivity contribution in [3.63, 3.8) is 0 Å². The van der Waals surface area contributed by atoms with Crippen LogP contribution in [0.15, 0.2) is 36.4 Å². The summed E-state index contributed by atoms with van der Waals surface area (Å²) in [5.41, 5.74) is 2.61. The second-order valence-corrected chi connectivity index (χ2v) is 5.36. The molecule has 0 aliphatic rings. The van der Waals surface area contributed by atoms with Crippen LogP contribution in [-0.2, 0) is 9.53 Å². The standard InChI is InChI=1S/C18H19NO5/c1-11-7-12(2)9-13(8-11)19-16(20)10-24-18(22)14-5-4-6-15(23-3)17(14)21/h4-9,21H,10H2,1-3H3,(H,19,20). The lowest BCUT2D eigenvalue weighted by molar-refractivity contribution is -0.119. The van der Waals surface area contributed by atoms with Crippen molar-refractivity contribution in [2.75, 3.05) is 19.0 Å². The van der Waals surface area contributed by atoms with Gasteiger partial charge in [0.1, 0.15) is 5.56 Å². The number of anilines is 1. The number of methoxy groups -OCH3 is 1. The van der Waals surface area contributed by atoms with Crippen molar-refractivity contribution < 1.29 is 24.2 Å². The quantitative estimate of drug-likeness (QED) is 0.824. The van der Waals surface area contributed by atoms with Crippen LogP contribution in [0.2, 0.25) is 0 Å². The molecule has 0 radical (unpaired) electrons. The van der Waals surface area contributed by atoms with Crippen molar-refractivity contribution in [1.29, 1.82) is 0 Å². The molecular weight excluding hydrogens is 310 g/mol. The highest BCUT2D eigenvalue weighted by Crippen LogP contribution is 2.29. The van der Waals surface area contributed by atoms with Crippen molar-refractivity contribution in [1.82, 2.24) is 0 Å². The highest BCUT2D eigenvalue weighted by Gasteiger charge is 2.17. The average molecular weight is 329 g/mol. The summed E-state index contributed by atoms with van der Waals surface area (Å²) in [6.45, 7) is 3.39. The van der Waals surface area contributed by atoms with Gasteiger partial charge in [-0.25, -0.2) is 4.79 Å². The summed E-state index contributed by atoms with van der Waals surface area (Å²) in [6, 6.07) is 10.1. The van der Waals surface area contributed by atoms with Crippen LogP contribution in [-0.4, -0.2) is 30.7 Å². The Morgan fingerprint density at radius 3 is 2.42 bits per heavy atom. The zero-order valence-corrected chi connectivity index (χ0v) is 13.8. The number of esters is 1. The first-order valence-electron chi connectivity index (χ1n) is 7.32. The summed E-state index contributed by atoms with van der Waals surface area (Å²) >= 11 is 0. The summed E-state index contributed by atoms with van der Waals surface area (Å²) in [7, 11) is 1.38. The van der Waals surface area contributed by atoms with Crippen molar-refractivity contribution in [2.24, 2.45) is 0 Å². The molecule has 0 unspecified atom stereocenters. The van der Waals surface area contributed by atoms with Crippen LogP contribution in [0.4, 0.5) is 5.69 Å². The Bertz CT molecular complexity index is 750. The minimum Gasteiger partial charge on any atom is -0.504 e. The van der Waals surface area contributed by atoms with E-state index < -0.39 is 18.5 Å². The lowest BCUT2D eigenvalue weighted by Crippen LogP contribution is -2.21. The fraction of sp³-hybridized carbons (Fsp3) is 0.222. The first-order chi connectivity index (χ1) is 11.4. The van der Waals surface area contributed by atoms with Crippen molar-refractivity contribution in [2.45, 2.75) is 13.8 Å². The van der Waals surface area contributed by atoms with Gasteiger partial charge in [0, 0.05) is 5.69 Å². The van der Waals surface area contributed by atoms with Gasteiger partial charge >= 0.3 is 5.97 Å². The molecule has 6 nitrogen and oxygen atoms in total. The van der Waals surface area contributed by atoms with E-state index in [0.29, 0.717) is 5.69 Å². The number of hydrogen-bond acceptors (Lipinski definition) is 5. The minimum absolute atomic E-state index is 0.0615. The second-order valence-electron chi connectivity index (χ2n) is 5.36. The number of carbonyl (C=O) groups is 2. The third-order valence-corrected chi connectivity index (χ3v) is 3.28. The van der Waals surface area contributed by atoms with Gasteiger partial charge in [-0.15, -0.1) is 0 Å². The highest BCUT2D eigenvalue weighted by molar-refractivity contribution is 5.97. The summed E-state index contributed by atoms with van der Waals surface area (Å²) in [5.74, 6) is -1.43. The van der Waals surface area contributed by atoms with E-state index >= 15 is 0 Å². The molecule has 2 aromatic rings. The fourth-order valence-electron chi connectivity index (χ4n) is 2.30. The molecule has 1 amide bonds. The maximum Gasteiger partial charge on any atom is 0.342 e. The van der Waals surface area contributed by atoms with Crippen LogP contribution in [0.25, 0.3) is 0 Å². The van der Waals surface area contributed by atoms with Crippen LogP contribution in [0.3, 0.4) is 0 Å². The smallest absolute Gasteiger partial charge is 0.342 e. The Morgan fingerprint density at radius 2 is 1.79 bits per heavy atom. The van der Waals surface area contributed by atoms with E-state index in [0.717, 1.165) is 11.1 Å². The van der Waals surface area contributed by atoms with E-state index in [-0.39, 0.29) is 17.1 Å². The zero-order chi connectivity index (χ0) is 17.7. The van der Waals surface area contributed by atoms with Crippen LogP contribution in [0, 0.1) is 13.8 Å². The average Bonchev–Trinajstić information content (AvgIpc) is 2.52. The Kier molecular flexibility index (Phi) is 5.42. The molecule has 0 bridgehead atoms. The molecule has 2 rings (SSSR count). The summed E-state index contributed by atoms with van der Waals surface area (Å²) in [6.07, 6.45) is 0. The number of ether oxygens (including phenoxy) is 2. The predicted molar refractivity (Wildman–Crippen MR) is 89.5 cm³/mol. The van der Waals surface area contributed by atoms with E-state index in [1.807, 2.05) is 32.0 Å². The number of hydrogen-bond donors (Lipinski definition) is 2. The van der Waals surface area contributed by atoms with Gasteiger partial charge in [-0.05, 0) is 49.2 Å². The van der Waals surface area contributed by atoms with Crippen molar-refractivity contribution in [3.05, 3.63) is 53.1 Å². The summed E-state index contributed by atoms with van der Waals surface area (Å²) < 4.78 is 9.86. The van der Waals surface area contributed by atoms with E-state index in [2.05, 4.69) is 5.32 Å². The van der Waals surface area contributed by atoms with E-state index in [4.69, 9.17) is 9.47 Å². The van der Waals surface area contributed by atoms with Crippen LogP contribution >= 0.6 is 0 Å². The number of nitrogens with one attached hydrogen (secondary N) is 1. The Balaban J connectivity index is 1.97. The predicted octanol–water partition coefficient (Wildman–Crippen LogP) is 2.81. The first-order valence-corrected chi connectivity index (χ1v) is 7.32. The molecule has 0 spiro atoms. The van der Waals surface area contributed by atoms with Crippen LogP contribution < -0.4 is 10.1 Å². The number of aromatic hydroxyl groups is 1. The van der Waals surface area contributed by atoms with Gasteiger partial charge in [0.25, 0.3) is 5.91 Å². The molecule has 24 heavy (non-hydrogen) atoms. The number of para-hydroxylation sites is 1. The molecule has 2 N–H and O–H groups in total. The monoisotopic (exact) mass is 329 g/mol. The maximum atomic E-state index is 12.0. The molecule has 0 aliphatic carbocycles. The van der Waals surface area contributed by atoms with Crippen molar-refractivity contribution >= 4 is 17.6 Å². The number of benzene rings is 2. The number of amides is 1. The van der Waals surface area contributed by atoms with Gasteiger partial charge in [0.05, 0.1) is 7.11 Å². The number of phenols is 1. The van der Waals surface area contributed by atoms with E-state index in [9.17, 15) is 14.7 Å². The summed E-state index contributed by atoms with van der Waals surface area (Å²) in [4.78, 5) is 23.9. The van der Waals surface area contributed by atoms with Crippen LogP contribution in [0.5, 0.6) is 11.5 Å². The molecule has 2 aromatic carbocycles. The van der Waals surface area contributed by atoms with E-state index in [1.165, 1.54) is 19.2 Å². The molecule has 6 heteroatoms. The van der Waals surface area contributed by atoms with Gasteiger partial charge < -0.3 is 19.9 Å². The third-order valence-electron chi connectivity index (χ3n) is 3.28. The Morgan fingerprint density at radius 1 is 1.12 bits per heavy atom. The number of aryl methyl sites for hydroxylation is 2. The third kappa shape index (κ3) is 4.25. The Labute approximate surface area is 140 Å². The number of phenolic OH excluding ortho intramolecular Hbond substituents is 1. The molecule has 0 saturated heterocycles. The number of carbonyl (C=O) groups excluding carboxylic acids is 2. The molecule has 0 saturated carbocycles. The van der Waals surface area contributed by atoms with Gasteiger partial charge in [-0.2, -0.15) is 0 Å². The highest BCUT2D eigenvalue weighted by atomic mass is 16.5. The molecule has 0 heterocycles. The molecule has 0 aromatic heterocycles.